The second-order valence-electron chi connectivity index (χ2n) is 12.8. The van der Waals surface area contributed by atoms with Crippen molar-refractivity contribution in [2.75, 3.05) is 7.11 Å². The highest BCUT2D eigenvalue weighted by Gasteiger charge is 1.98. The fourth-order valence-corrected chi connectivity index (χ4v) is 4.27. The van der Waals surface area contributed by atoms with Gasteiger partial charge in [-0.15, -0.1) is 0 Å². The standard InChI is InChI=1S/C12H18O.C11H16.C10H14.C9H12/c1-10(2)4-5-11-6-8-12(13-3)9-7-11;1-10(2)8-9-11-6-4-3-5-7-11;1-9(2)8-10-6-4-3-5-7-10;1-8(2)9-6-4-3-5-7-9/h6-10H,4-5H2,1-3H3;3-7,10H,8-9H2,1-2H3;3-7,9H,8H2,1-2H3;3-8H,1-2H3. The highest BCUT2D eigenvalue weighted by atomic mass is 16.5. The van der Waals surface area contributed by atoms with Crippen LogP contribution in [0.1, 0.15) is 96.4 Å². The predicted molar refractivity (Wildman–Crippen MR) is 191 cm³/mol. The van der Waals surface area contributed by atoms with Gasteiger partial charge >= 0.3 is 0 Å². The summed E-state index contributed by atoms with van der Waals surface area (Å²) in [5.41, 5.74) is 5.71. The van der Waals surface area contributed by atoms with Crippen LogP contribution in [0.5, 0.6) is 5.75 Å². The maximum absolute atomic E-state index is 5.09. The van der Waals surface area contributed by atoms with Gasteiger partial charge < -0.3 is 4.74 Å². The molecule has 0 aliphatic carbocycles. The first-order valence-electron chi connectivity index (χ1n) is 16.4. The molecule has 1 heteroatoms. The Morgan fingerprint density at radius 3 is 1.19 bits per heavy atom. The summed E-state index contributed by atoms with van der Waals surface area (Å²) in [5.74, 6) is 3.96. The van der Waals surface area contributed by atoms with E-state index < -0.39 is 0 Å². The van der Waals surface area contributed by atoms with Crippen molar-refractivity contribution in [3.63, 3.8) is 0 Å². The zero-order valence-electron chi connectivity index (χ0n) is 28.7. The third-order valence-corrected chi connectivity index (χ3v) is 6.98. The minimum Gasteiger partial charge on any atom is -0.497 e. The third-order valence-electron chi connectivity index (χ3n) is 6.98. The van der Waals surface area contributed by atoms with E-state index in [1.807, 2.05) is 18.2 Å². The molecule has 0 fully saturated rings. The van der Waals surface area contributed by atoms with E-state index in [0.29, 0.717) is 5.92 Å². The van der Waals surface area contributed by atoms with Gasteiger partial charge in [0.05, 0.1) is 7.11 Å². The van der Waals surface area contributed by atoms with Crippen LogP contribution in [0.2, 0.25) is 0 Å². The van der Waals surface area contributed by atoms with Crippen molar-refractivity contribution in [2.45, 2.75) is 93.4 Å². The van der Waals surface area contributed by atoms with Gasteiger partial charge in [-0.3, -0.25) is 0 Å². The number of aryl methyl sites for hydroxylation is 2. The number of ether oxygens (including phenoxy) is 1. The molecule has 0 saturated carbocycles. The van der Waals surface area contributed by atoms with Crippen LogP contribution in [0.25, 0.3) is 0 Å². The molecule has 0 N–H and O–H groups in total. The summed E-state index contributed by atoms with van der Waals surface area (Å²) in [6.45, 7) is 17.9. The molecule has 0 radical (unpaired) electrons. The lowest BCUT2D eigenvalue weighted by atomic mass is 10.0. The topological polar surface area (TPSA) is 9.23 Å². The molecule has 0 aromatic heterocycles. The van der Waals surface area contributed by atoms with E-state index >= 15 is 0 Å². The Hall–Kier alpha value is -3.32. The van der Waals surface area contributed by atoms with Crippen LogP contribution in [0.15, 0.2) is 115 Å². The summed E-state index contributed by atoms with van der Waals surface area (Å²) < 4.78 is 5.09. The van der Waals surface area contributed by atoms with Crippen molar-refractivity contribution in [1.82, 2.24) is 0 Å². The maximum atomic E-state index is 5.09. The van der Waals surface area contributed by atoms with Gasteiger partial charge in [-0.2, -0.15) is 0 Å². The molecule has 1 nitrogen and oxygen atoms in total. The summed E-state index contributed by atoms with van der Waals surface area (Å²) >= 11 is 0. The van der Waals surface area contributed by atoms with Crippen molar-refractivity contribution in [1.29, 1.82) is 0 Å². The number of hydrogen-bond acceptors (Lipinski definition) is 1. The molecule has 0 unspecified atom stereocenters. The lowest BCUT2D eigenvalue weighted by Crippen LogP contribution is -1.92. The Bertz CT molecular complexity index is 1140. The smallest absolute Gasteiger partial charge is 0.118 e. The first-order valence-corrected chi connectivity index (χ1v) is 16.4. The van der Waals surface area contributed by atoms with Crippen LogP contribution >= 0.6 is 0 Å². The zero-order valence-corrected chi connectivity index (χ0v) is 28.7. The SMILES string of the molecule is CC(C)CCc1ccccc1.CC(C)Cc1ccccc1.CC(C)c1ccccc1.COc1ccc(CCC(C)C)cc1. The number of hydrogen-bond donors (Lipinski definition) is 0. The van der Waals surface area contributed by atoms with Gasteiger partial charge in [0.1, 0.15) is 5.75 Å². The monoisotopic (exact) mass is 580 g/mol. The van der Waals surface area contributed by atoms with Gasteiger partial charge in [-0.25, -0.2) is 0 Å². The Kier molecular flexibility index (Phi) is 20.3. The second kappa shape index (κ2) is 23.2. The molecule has 234 valence electrons. The highest BCUT2D eigenvalue weighted by Crippen LogP contribution is 2.14. The average molecular weight is 581 g/mol. The summed E-state index contributed by atoms with van der Waals surface area (Å²) in [6, 6.07) is 40.1. The molecule has 4 rings (SSSR count). The molecule has 0 aliphatic heterocycles. The number of rotatable bonds is 10. The maximum Gasteiger partial charge on any atom is 0.118 e. The lowest BCUT2D eigenvalue weighted by molar-refractivity contribution is 0.414. The quantitative estimate of drug-likeness (QED) is 0.181. The van der Waals surface area contributed by atoms with Crippen LogP contribution in [-0.4, -0.2) is 7.11 Å². The first kappa shape index (κ1) is 37.7. The molecule has 0 aliphatic rings. The van der Waals surface area contributed by atoms with Gasteiger partial charge in [0.25, 0.3) is 0 Å². The Morgan fingerprint density at radius 1 is 0.442 bits per heavy atom. The Morgan fingerprint density at radius 2 is 0.837 bits per heavy atom. The molecule has 4 aromatic carbocycles. The first-order chi connectivity index (χ1) is 20.6. The predicted octanol–water partition coefficient (Wildman–Crippen LogP) is 12.3. The lowest BCUT2D eigenvalue weighted by Gasteiger charge is -2.05. The van der Waals surface area contributed by atoms with Gasteiger partial charge in [0, 0.05) is 0 Å². The molecule has 0 amide bonds. The molecule has 0 spiro atoms. The minimum atomic E-state index is 0.659. The number of benzene rings is 4. The van der Waals surface area contributed by atoms with Crippen molar-refractivity contribution >= 4 is 0 Å². The summed E-state index contributed by atoms with van der Waals surface area (Å²) in [7, 11) is 1.70. The highest BCUT2D eigenvalue weighted by molar-refractivity contribution is 5.27. The zero-order chi connectivity index (χ0) is 31.9. The molecule has 43 heavy (non-hydrogen) atoms. The minimum absolute atomic E-state index is 0.659. The van der Waals surface area contributed by atoms with Gasteiger partial charge in [-0.05, 0) is 90.2 Å². The van der Waals surface area contributed by atoms with Gasteiger partial charge in [0.2, 0.25) is 0 Å². The molecular formula is C42H60O. The van der Waals surface area contributed by atoms with E-state index in [2.05, 4.69) is 152 Å². The molecule has 0 atom stereocenters. The van der Waals surface area contributed by atoms with Gasteiger partial charge in [0.15, 0.2) is 0 Å². The van der Waals surface area contributed by atoms with E-state index in [0.717, 1.165) is 23.5 Å². The van der Waals surface area contributed by atoms with E-state index in [4.69, 9.17) is 4.74 Å². The molecule has 0 bridgehead atoms. The van der Waals surface area contributed by atoms with E-state index in [1.54, 1.807) is 7.11 Å². The largest absolute Gasteiger partial charge is 0.497 e. The van der Waals surface area contributed by atoms with Crippen LogP contribution in [0.4, 0.5) is 0 Å². The second-order valence-corrected chi connectivity index (χ2v) is 12.8. The fraction of sp³-hybridized carbons (Fsp3) is 0.429. The fourth-order valence-electron chi connectivity index (χ4n) is 4.27. The summed E-state index contributed by atoms with van der Waals surface area (Å²) in [4.78, 5) is 0. The van der Waals surface area contributed by atoms with Crippen LogP contribution in [-0.2, 0) is 19.3 Å². The number of methoxy groups -OCH3 is 1. The molecule has 0 heterocycles. The normalized spacial score (nSPS) is 10.3. The van der Waals surface area contributed by atoms with Gasteiger partial charge in [-0.1, -0.05) is 159 Å². The van der Waals surface area contributed by atoms with E-state index in [9.17, 15) is 0 Å². The van der Waals surface area contributed by atoms with Crippen LogP contribution in [0.3, 0.4) is 0 Å². The van der Waals surface area contributed by atoms with Crippen LogP contribution < -0.4 is 4.74 Å². The molecule has 4 aromatic rings. The van der Waals surface area contributed by atoms with Crippen molar-refractivity contribution in [3.8, 4) is 5.75 Å². The average Bonchev–Trinajstić information content (AvgIpc) is 3.01. The third kappa shape index (κ3) is 20.3. The van der Waals surface area contributed by atoms with E-state index in [1.165, 1.54) is 54.4 Å². The summed E-state index contributed by atoms with van der Waals surface area (Å²) in [5, 5.41) is 0. The van der Waals surface area contributed by atoms with E-state index in [-0.39, 0.29) is 0 Å². The van der Waals surface area contributed by atoms with Crippen LogP contribution in [0, 0.1) is 17.8 Å². The molecule has 0 saturated heterocycles. The summed E-state index contributed by atoms with van der Waals surface area (Å²) in [6.07, 6.45) is 6.14. The Balaban J connectivity index is 0.000000289. The van der Waals surface area contributed by atoms with Crippen molar-refractivity contribution in [2.24, 2.45) is 17.8 Å². The van der Waals surface area contributed by atoms with Crippen molar-refractivity contribution in [3.05, 3.63) is 138 Å². The molecular weight excluding hydrogens is 520 g/mol. The Labute approximate surface area is 265 Å². The van der Waals surface area contributed by atoms with Crippen molar-refractivity contribution < 1.29 is 4.74 Å².